The first-order valence-corrected chi connectivity index (χ1v) is 13.4. The zero-order chi connectivity index (χ0) is 30.5. The molecule has 4 rings (SSSR count). The molecule has 2 aromatic rings. The maximum absolute atomic E-state index is 12.2. The van der Waals surface area contributed by atoms with Crippen LogP contribution in [0, 0.1) is 18.8 Å². The molecule has 1 aromatic heterocycles. The van der Waals surface area contributed by atoms with E-state index in [1.807, 2.05) is 0 Å². The summed E-state index contributed by atoms with van der Waals surface area (Å²) < 4.78 is 31.0. The number of carboxylic acids is 2. The number of urea groups is 1. The summed E-state index contributed by atoms with van der Waals surface area (Å²) in [4.78, 5) is 67.7. The first-order chi connectivity index (χ1) is 19.2. The fraction of sp³-hybridized carbons (Fsp3) is 0.333. The number of carbonyl (C=O) groups is 5. The lowest BCUT2D eigenvalue weighted by Gasteiger charge is -2.19. The third-order valence-electron chi connectivity index (χ3n) is 5.76. The molecule has 0 unspecified atom stereocenters. The van der Waals surface area contributed by atoms with E-state index in [0.717, 1.165) is 25.0 Å². The Balaban J connectivity index is 0.000000248. The lowest BCUT2D eigenvalue weighted by molar-refractivity contribution is -0.146. The average Bonchev–Trinajstić information content (AvgIpc) is 3.73. The minimum Gasteiger partial charge on any atom is -0.511 e. The number of hydrogen-bond acceptors (Lipinski definition) is 12. The number of allylic oxidation sites excluding steroid dienone is 2. The van der Waals surface area contributed by atoms with Gasteiger partial charge in [-0.3, -0.25) is 19.7 Å². The third-order valence-corrected chi connectivity index (χ3v) is 7.15. The van der Waals surface area contributed by atoms with Gasteiger partial charge in [-0.1, -0.05) is 12.1 Å². The molecule has 2 aliphatic carbocycles. The second kappa shape index (κ2) is 12.5. The predicted molar refractivity (Wildman–Crippen MR) is 137 cm³/mol. The number of aliphatic hydroxyl groups excluding tert-OH is 1. The number of aromatic nitrogens is 3. The van der Waals surface area contributed by atoms with Gasteiger partial charge in [0.2, 0.25) is 5.95 Å². The van der Waals surface area contributed by atoms with Crippen LogP contribution in [0.3, 0.4) is 0 Å². The van der Waals surface area contributed by atoms with Crippen LogP contribution in [0.15, 0.2) is 40.5 Å². The standard InChI is InChI=1S/C13H13N5O6S.C11H12O5/c1-7-14-11(17-13(15-7)24-2)16-12(21)18-25(22,23)9-6-4-3-5-8(9)10(19)20;12-7-3-6(11(15)16)4-8(13)9(7)10(14)5-1-2-5/h3-6H,1-2H3,(H,19,20)(H2,14,15,16,17,18,21);5-6,14H,1-4H2,(H,15,16). The Morgan fingerprint density at radius 1 is 0.951 bits per heavy atom. The van der Waals surface area contributed by atoms with Crippen molar-refractivity contribution in [3.63, 3.8) is 0 Å². The number of benzene rings is 1. The summed E-state index contributed by atoms with van der Waals surface area (Å²) in [6.07, 6.45) is 1.21. The Kier molecular flexibility index (Phi) is 9.33. The molecule has 16 nitrogen and oxygen atoms in total. The van der Waals surface area contributed by atoms with Gasteiger partial charge in [0.05, 0.1) is 24.2 Å². The van der Waals surface area contributed by atoms with Gasteiger partial charge in [-0.05, 0) is 31.9 Å². The third kappa shape index (κ3) is 7.81. The van der Waals surface area contributed by atoms with Crippen LogP contribution >= 0.6 is 0 Å². The van der Waals surface area contributed by atoms with E-state index >= 15 is 0 Å². The number of hydrogen-bond donors (Lipinski definition) is 5. The summed E-state index contributed by atoms with van der Waals surface area (Å²) >= 11 is 0. The van der Waals surface area contributed by atoms with Gasteiger partial charge in [-0.15, -0.1) is 0 Å². The van der Waals surface area contributed by atoms with Crippen LogP contribution in [-0.2, 0) is 24.4 Å². The van der Waals surface area contributed by atoms with Crippen molar-refractivity contribution in [2.75, 3.05) is 12.4 Å². The van der Waals surface area contributed by atoms with E-state index in [1.165, 1.54) is 26.2 Å². The molecule has 0 aliphatic heterocycles. The van der Waals surface area contributed by atoms with Crippen molar-refractivity contribution in [3.05, 3.63) is 47.0 Å². The number of rotatable bonds is 7. The highest BCUT2D eigenvalue weighted by Crippen LogP contribution is 2.38. The van der Waals surface area contributed by atoms with Crippen LogP contribution in [0.4, 0.5) is 10.7 Å². The van der Waals surface area contributed by atoms with Crippen LogP contribution in [-0.4, -0.2) is 75.3 Å². The van der Waals surface area contributed by atoms with Crippen molar-refractivity contribution >= 4 is 45.5 Å². The number of Topliss-reactive ketones (excluding diaryl/α,β-unsaturated/α-hetero) is 2. The number of aliphatic carboxylic acids is 1. The van der Waals surface area contributed by atoms with E-state index in [-0.39, 0.29) is 47.9 Å². The minimum absolute atomic E-state index is 0.0655. The van der Waals surface area contributed by atoms with Gasteiger partial charge in [0.1, 0.15) is 16.5 Å². The van der Waals surface area contributed by atoms with Gasteiger partial charge >= 0.3 is 24.0 Å². The molecule has 2 fully saturated rings. The normalized spacial score (nSPS) is 16.6. The van der Waals surface area contributed by atoms with E-state index in [4.69, 9.17) is 14.9 Å². The van der Waals surface area contributed by atoms with Crippen molar-refractivity contribution in [3.8, 4) is 6.01 Å². The molecule has 5 N–H and O–H groups in total. The smallest absolute Gasteiger partial charge is 0.337 e. The molecule has 41 heavy (non-hydrogen) atoms. The largest absolute Gasteiger partial charge is 0.511 e. The Hall–Kier alpha value is -4.93. The number of nitrogens with zero attached hydrogens (tertiary/aromatic N) is 3. The molecule has 2 saturated carbocycles. The summed E-state index contributed by atoms with van der Waals surface area (Å²) in [7, 11) is -3.11. The lowest BCUT2D eigenvalue weighted by atomic mass is 9.83. The first kappa shape index (κ1) is 30.6. The van der Waals surface area contributed by atoms with E-state index in [0.29, 0.717) is 0 Å². The molecule has 0 spiro atoms. The number of aryl methyl sites for hydroxylation is 1. The molecule has 2 amide bonds. The highest BCUT2D eigenvalue weighted by molar-refractivity contribution is 7.90. The van der Waals surface area contributed by atoms with Crippen LogP contribution in [0.1, 0.15) is 41.9 Å². The van der Waals surface area contributed by atoms with E-state index in [9.17, 15) is 37.5 Å². The fourth-order valence-electron chi connectivity index (χ4n) is 3.69. The number of anilines is 1. The Bertz CT molecular complexity index is 1530. The van der Waals surface area contributed by atoms with Crippen molar-refractivity contribution in [2.45, 2.75) is 37.5 Å². The maximum atomic E-state index is 12.2. The van der Waals surface area contributed by atoms with Crippen LogP contribution < -0.4 is 14.8 Å². The van der Waals surface area contributed by atoms with Crippen molar-refractivity contribution in [1.82, 2.24) is 19.7 Å². The zero-order valence-electron chi connectivity index (χ0n) is 21.7. The SMILES string of the molecule is COc1nc(C)nc(NC(=O)NS(=O)(=O)c2ccccc2C(=O)O)n1.O=C1CC(C(=O)O)CC(=O)C1=C(O)C1CC1. The van der Waals surface area contributed by atoms with Crippen molar-refractivity contribution in [1.29, 1.82) is 0 Å². The number of ketones is 2. The predicted octanol–water partition coefficient (Wildman–Crippen LogP) is 1.24. The van der Waals surface area contributed by atoms with Gasteiger partial charge in [0, 0.05) is 18.8 Å². The second-order valence-corrected chi connectivity index (χ2v) is 10.5. The number of methoxy groups -OCH3 is 1. The van der Waals surface area contributed by atoms with Gasteiger partial charge in [0.25, 0.3) is 10.0 Å². The first-order valence-electron chi connectivity index (χ1n) is 11.9. The number of ether oxygens (including phenoxy) is 1. The molecule has 2 aliphatic rings. The second-order valence-electron chi connectivity index (χ2n) is 8.88. The highest BCUT2D eigenvalue weighted by atomic mass is 32.2. The zero-order valence-corrected chi connectivity index (χ0v) is 22.5. The van der Waals surface area contributed by atoms with E-state index in [2.05, 4.69) is 20.3 Å². The Morgan fingerprint density at radius 2 is 1.56 bits per heavy atom. The van der Waals surface area contributed by atoms with Crippen molar-refractivity contribution in [2.24, 2.45) is 11.8 Å². The maximum Gasteiger partial charge on any atom is 0.337 e. The fourth-order valence-corrected chi connectivity index (χ4v) is 4.79. The number of nitrogens with one attached hydrogen (secondary N) is 2. The topological polar surface area (TPSA) is 252 Å². The van der Waals surface area contributed by atoms with Gasteiger partial charge in [0.15, 0.2) is 11.6 Å². The number of aliphatic hydroxyl groups is 1. The molecule has 17 heteroatoms. The summed E-state index contributed by atoms with van der Waals surface area (Å²) in [6.45, 7) is 1.52. The molecule has 0 saturated heterocycles. The highest BCUT2D eigenvalue weighted by Gasteiger charge is 2.39. The number of amides is 2. The van der Waals surface area contributed by atoms with E-state index in [1.54, 1.807) is 4.72 Å². The molecule has 0 bridgehead atoms. The Morgan fingerprint density at radius 3 is 2.10 bits per heavy atom. The van der Waals surface area contributed by atoms with Gasteiger partial charge in [-0.2, -0.15) is 15.0 Å². The number of carboxylic acid groups (broad SMARTS) is 2. The van der Waals surface area contributed by atoms with Crippen LogP contribution in [0.5, 0.6) is 6.01 Å². The minimum atomic E-state index is -4.43. The van der Waals surface area contributed by atoms with E-state index < -0.39 is 55.9 Å². The number of carbonyl (C=O) groups excluding carboxylic acids is 3. The lowest BCUT2D eigenvalue weighted by Crippen LogP contribution is -2.35. The summed E-state index contributed by atoms with van der Waals surface area (Å²) in [5, 5.41) is 29.6. The molecule has 218 valence electrons. The van der Waals surface area contributed by atoms with Crippen LogP contribution in [0.25, 0.3) is 0 Å². The molecule has 1 aromatic carbocycles. The van der Waals surface area contributed by atoms with Gasteiger partial charge in [-0.25, -0.2) is 22.7 Å². The number of aromatic carboxylic acids is 1. The molecular formula is C24H25N5O11S. The summed E-state index contributed by atoms with van der Waals surface area (Å²) in [5.74, 6) is -4.77. The molecule has 0 radical (unpaired) electrons. The van der Waals surface area contributed by atoms with Gasteiger partial charge < -0.3 is 20.1 Å². The summed E-state index contributed by atoms with van der Waals surface area (Å²) in [6, 6.07) is 3.63. The molecule has 0 atom stereocenters. The Labute approximate surface area is 232 Å². The quantitative estimate of drug-likeness (QED) is 0.173. The van der Waals surface area contributed by atoms with Crippen LogP contribution in [0.2, 0.25) is 0 Å². The summed E-state index contributed by atoms with van der Waals surface area (Å²) in [5.41, 5.74) is -0.625. The monoisotopic (exact) mass is 591 g/mol. The van der Waals surface area contributed by atoms with Crippen molar-refractivity contribution < 1.29 is 52.4 Å². The molecule has 1 heterocycles. The molecular weight excluding hydrogens is 566 g/mol. The number of sulfonamides is 1. The average molecular weight is 592 g/mol.